The van der Waals surface area contributed by atoms with Gasteiger partial charge in [0.25, 0.3) is 0 Å². The first kappa shape index (κ1) is 9.65. The van der Waals surface area contributed by atoms with Crippen LogP contribution in [0.5, 0.6) is 0 Å². The monoisotopic (exact) mass is 191 g/mol. The van der Waals surface area contributed by atoms with Gasteiger partial charge in [-0.05, 0) is 5.56 Å². The molecule has 0 aliphatic carbocycles. The predicted octanol–water partition coefficient (Wildman–Crippen LogP) is 0.549. The van der Waals surface area contributed by atoms with E-state index in [9.17, 15) is 0 Å². The molecule has 3 N–H and O–H groups in total. The molecule has 3 nitrogen and oxygen atoms in total. The van der Waals surface area contributed by atoms with E-state index in [1.165, 1.54) is 5.56 Å². The first-order valence-corrected chi connectivity index (χ1v) is 5.13. The van der Waals surface area contributed by atoms with Crippen LogP contribution in [0, 0.1) is 0 Å². The molecule has 3 heteroatoms. The summed E-state index contributed by atoms with van der Waals surface area (Å²) in [5.41, 5.74) is 7.37. The van der Waals surface area contributed by atoms with Crippen molar-refractivity contribution >= 4 is 0 Å². The Morgan fingerprint density at radius 2 is 1.79 bits per heavy atom. The van der Waals surface area contributed by atoms with Crippen LogP contribution in [0.2, 0.25) is 0 Å². The lowest BCUT2D eigenvalue weighted by Gasteiger charge is -2.32. The molecule has 1 aromatic carbocycles. The van der Waals surface area contributed by atoms with Crippen LogP contribution < -0.4 is 11.1 Å². The van der Waals surface area contributed by atoms with Crippen molar-refractivity contribution in [3.8, 4) is 0 Å². The molecular weight excluding hydrogens is 174 g/mol. The fraction of sp³-hybridized carbons (Fsp3) is 0.455. The average Bonchev–Trinajstić information content (AvgIpc) is 2.30. The Morgan fingerprint density at radius 1 is 1.14 bits per heavy atom. The van der Waals surface area contributed by atoms with Gasteiger partial charge in [0.15, 0.2) is 0 Å². The number of nitrogens with zero attached hydrogens (tertiary/aromatic N) is 1. The summed E-state index contributed by atoms with van der Waals surface area (Å²) in [4.78, 5) is 2.31. The van der Waals surface area contributed by atoms with Crippen molar-refractivity contribution < 1.29 is 0 Å². The zero-order chi connectivity index (χ0) is 9.80. The topological polar surface area (TPSA) is 41.3 Å². The third-order valence-electron chi connectivity index (χ3n) is 2.69. The maximum atomic E-state index is 6.17. The van der Waals surface area contributed by atoms with Gasteiger partial charge in [0.1, 0.15) is 0 Å². The molecule has 2 rings (SSSR count). The molecular formula is C11H17N3. The number of hydrogen-bond donors (Lipinski definition) is 2. The normalized spacial score (nSPS) is 20.6. The molecule has 14 heavy (non-hydrogen) atoms. The lowest BCUT2D eigenvalue weighted by molar-refractivity contribution is 0.177. The van der Waals surface area contributed by atoms with Gasteiger partial charge in [0.2, 0.25) is 0 Å². The Labute approximate surface area is 84.9 Å². The van der Waals surface area contributed by atoms with Crippen molar-refractivity contribution in [1.29, 1.82) is 0 Å². The molecule has 76 valence electrons. The molecule has 0 amide bonds. The maximum Gasteiger partial charge on any atom is 0.0836 e. The van der Waals surface area contributed by atoms with Crippen molar-refractivity contribution in [3.63, 3.8) is 0 Å². The van der Waals surface area contributed by atoms with Gasteiger partial charge in [-0.1, -0.05) is 30.3 Å². The predicted molar refractivity (Wildman–Crippen MR) is 57.8 cm³/mol. The summed E-state index contributed by atoms with van der Waals surface area (Å²) in [6.07, 6.45) is 0.0540. The quantitative estimate of drug-likeness (QED) is 0.717. The average molecular weight is 191 g/mol. The number of hydrogen-bond acceptors (Lipinski definition) is 3. The Bertz CT molecular complexity index is 267. The first-order valence-electron chi connectivity index (χ1n) is 5.13. The van der Waals surface area contributed by atoms with Crippen molar-refractivity contribution in [2.75, 3.05) is 26.2 Å². The molecule has 1 unspecified atom stereocenters. The molecule has 1 aliphatic heterocycles. The summed E-state index contributed by atoms with van der Waals surface area (Å²) in [6.45, 7) is 4.16. The van der Waals surface area contributed by atoms with E-state index in [4.69, 9.17) is 5.73 Å². The van der Waals surface area contributed by atoms with Crippen molar-refractivity contribution in [2.24, 2.45) is 5.73 Å². The minimum absolute atomic E-state index is 0.0540. The maximum absolute atomic E-state index is 6.17. The fourth-order valence-electron chi connectivity index (χ4n) is 1.82. The van der Waals surface area contributed by atoms with Gasteiger partial charge in [-0.3, -0.25) is 4.90 Å². The molecule has 1 saturated heterocycles. The smallest absolute Gasteiger partial charge is 0.0836 e. The summed E-state index contributed by atoms with van der Waals surface area (Å²) in [6, 6.07) is 10.3. The molecule has 1 heterocycles. The van der Waals surface area contributed by atoms with Crippen LogP contribution in [-0.2, 0) is 0 Å². The second-order valence-electron chi connectivity index (χ2n) is 3.64. The number of nitrogens with two attached hydrogens (primary N) is 1. The van der Waals surface area contributed by atoms with Gasteiger partial charge in [0, 0.05) is 26.2 Å². The van der Waals surface area contributed by atoms with E-state index in [-0.39, 0.29) is 6.17 Å². The Kier molecular flexibility index (Phi) is 3.14. The van der Waals surface area contributed by atoms with Crippen LogP contribution in [0.4, 0.5) is 0 Å². The van der Waals surface area contributed by atoms with E-state index >= 15 is 0 Å². The molecule has 1 aromatic rings. The zero-order valence-corrected chi connectivity index (χ0v) is 8.32. The van der Waals surface area contributed by atoms with E-state index in [0.717, 1.165) is 26.2 Å². The summed E-state index contributed by atoms with van der Waals surface area (Å²) < 4.78 is 0. The second-order valence-corrected chi connectivity index (χ2v) is 3.64. The SMILES string of the molecule is NC(c1ccccc1)N1CCNCC1. The second kappa shape index (κ2) is 4.55. The summed E-state index contributed by atoms with van der Waals surface area (Å²) in [5.74, 6) is 0. The number of nitrogens with one attached hydrogen (secondary N) is 1. The van der Waals surface area contributed by atoms with Gasteiger partial charge >= 0.3 is 0 Å². The van der Waals surface area contributed by atoms with Gasteiger partial charge in [-0.15, -0.1) is 0 Å². The third kappa shape index (κ3) is 2.12. The highest BCUT2D eigenvalue weighted by molar-refractivity contribution is 5.18. The largest absolute Gasteiger partial charge is 0.314 e. The Hall–Kier alpha value is -0.900. The molecule has 0 radical (unpaired) electrons. The van der Waals surface area contributed by atoms with E-state index in [1.54, 1.807) is 0 Å². The van der Waals surface area contributed by atoms with E-state index < -0.39 is 0 Å². The molecule has 0 aromatic heterocycles. The lowest BCUT2D eigenvalue weighted by atomic mass is 10.1. The fourth-order valence-corrected chi connectivity index (χ4v) is 1.82. The van der Waals surface area contributed by atoms with Crippen molar-refractivity contribution in [1.82, 2.24) is 10.2 Å². The lowest BCUT2D eigenvalue weighted by Crippen LogP contribution is -2.47. The summed E-state index contributed by atoms with van der Waals surface area (Å²) in [5, 5.41) is 3.32. The van der Waals surface area contributed by atoms with E-state index in [1.807, 2.05) is 18.2 Å². The number of piperazine rings is 1. The third-order valence-corrected chi connectivity index (χ3v) is 2.69. The molecule has 1 aliphatic rings. The van der Waals surface area contributed by atoms with Gasteiger partial charge in [0.05, 0.1) is 6.17 Å². The Morgan fingerprint density at radius 3 is 2.43 bits per heavy atom. The van der Waals surface area contributed by atoms with Gasteiger partial charge < -0.3 is 11.1 Å². The highest BCUT2D eigenvalue weighted by atomic mass is 15.3. The van der Waals surface area contributed by atoms with Gasteiger partial charge in [-0.25, -0.2) is 0 Å². The van der Waals surface area contributed by atoms with Crippen LogP contribution >= 0.6 is 0 Å². The van der Waals surface area contributed by atoms with Crippen molar-refractivity contribution in [3.05, 3.63) is 35.9 Å². The first-order chi connectivity index (χ1) is 6.88. The standard InChI is InChI=1S/C11H17N3/c12-11(10-4-2-1-3-5-10)14-8-6-13-7-9-14/h1-5,11,13H,6-9,12H2. The zero-order valence-electron chi connectivity index (χ0n) is 8.32. The minimum atomic E-state index is 0.0540. The summed E-state index contributed by atoms with van der Waals surface area (Å²) in [7, 11) is 0. The molecule has 0 bridgehead atoms. The molecule has 0 spiro atoms. The molecule has 1 atom stereocenters. The highest BCUT2D eigenvalue weighted by Crippen LogP contribution is 2.14. The van der Waals surface area contributed by atoms with Crippen LogP contribution in [0.1, 0.15) is 11.7 Å². The van der Waals surface area contributed by atoms with Crippen LogP contribution in [0.15, 0.2) is 30.3 Å². The summed E-state index contributed by atoms with van der Waals surface area (Å²) >= 11 is 0. The van der Waals surface area contributed by atoms with Crippen molar-refractivity contribution in [2.45, 2.75) is 6.17 Å². The molecule has 1 fully saturated rings. The Balaban J connectivity index is 2.03. The van der Waals surface area contributed by atoms with Crippen LogP contribution in [0.3, 0.4) is 0 Å². The van der Waals surface area contributed by atoms with Gasteiger partial charge in [-0.2, -0.15) is 0 Å². The minimum Gasteiger partial charge on any atom is -0.314 e. The van der Waals surface area contributed by atoms with Crippen LogP contribution in [0.25, 0.3) is 0 Å². The van der Waals surface area contributed by atoms with Crippen LogP contribution in [-0.4, -0.2) is 31.1 Å². The van der Waals surface area contributed by atoms with E-state index in [0.29, 0.717) is 0 Å². The highest BCUT2D eigenvalue weighted by Gasteiger charge is 2.17. The number of benzene rings is 1. The number of rotatable bonds is 2. The van der Waals surface area contributed by atoms with E-state index in [2.05, 4.69) is 22.3 Å². The molecule has 0 saturated carbocycles.